The Balaban J connectivity index is 2.13. The molecule has 176 valence electrons. The molecule has 2 aromatic rings. The average molecular weight is 484 g/mol. The third-order valence-corrected chi connectivity index (χ3v) is 13.1. The summed E-state index contributed by atoms with van der Waals surface area (Å²) in [6.45, 7) is 12.7. The summed E-state index contributed by atoms with van der Waals surface area (Å²) >= 11 is 0. The zero-order valence-corrected chi connectivity index (χ0v) is 22.0. The van der Waals surface area contributed by atoms with E-state index in [-0.39, 0.29) is 27.9 Å². The van der Waals surface area contributed by atoms with Crippen LogP contribution in [0.15, 0.2) is 70.9 Å². The number of hydrogen-bond acceptors (Lipinski definition) is 5. The van der Waals surface area contributed by atoms with Crippen LogP contribution in [0.5, 0.6) is 0 Å². The molecule has 1 aliphatic rings. The van der Waals surface area contributed by atoms with E-state index in [1.165, 1.54) is 4.31 Å². The van der Waals surface area contributed by atoms with Crippen LogP contribution in [0.4, 0.5) is 0 Å². The molecule has 6 nitrogen and oxygen atoms in total. The van der Waals surface area contributed by atoms with Gasteiger partial charge in [-0.15, -0.1) is 0 Å². The number of nitriles is 1. The molecular formula is C25H33N3O3SSi. The van der Waals surface area contributed by atoms with Gasteiger partial charge in [0.05, 0.1) is 29.2 Å². The average Bonchev–Trinajstić information content (AvgIpc) is 3.04. The lowest BCUT2D eigenvalue weighted by molar-refractivity contribution is 0.208. The van der Waals surface area contributed by atoms with Crippen molar-refractivity contribution in [2.24, 2.45) is 5.73 Å². The Kier molecular flexibility index (Phi) is 6.81. The Morgan fingerprint density at radius 3 is 2.18 bits per heavy atom. The molecule has 0 aliphatic carbocycles. The van der Waals surface area contributed by atoms with Crippen LogP contribution in [0, 0.1) is 18.3 Å². The second kappa shape index (κ2) is 8.97. The molecule has 3 rings (SSSR count). The van der Waals surface area contributed by atoms with Crippen molar-refractivity contribution in [1.29, 1.82) is 5.26 Å². The van der Waals surface area contributed by atoms with E-state index in [0.29, 0.717) is 0 Å². The maximum absolute atomic E-state index is 13.8. The molecule has 0 aromatic heterocycles. The van der Waals surface area contributed by atoms with Crippen molar-refractivity contribution in [3.8, 4) is 6.07 Å². The molecule has 0 saturated carbocycles. The van der Waals surface area contributed by atoms with Crippen molar-refractivity contribution in [2.45, 2.75) is 62.7 Å². The molecule has 0 bridgehead atoms. The molecule has 0 fully saturated rings. The smallest absolute Gasteiger partial charge is 0.265 e. The largest absolute Gasteiger partial charge is 0.415 e. The SMILES string of the molecule is Cc1ccc(S(=O)(=O)N2C(N)=C(C#N)[C@H](c3ccccc3)[C@@H]2CO[Si](C)(C)C(C)(C)C)cc1. The Labute approximate surface area is 198 Å². The van der Waals surface area contributed by atoms with Gasteiger partial charge in [-0.05, 0) is 42.8 Å². The van der Waals surface area contributed by atoms with Crippen LogP contribution in [0.1, 0.15) is 37.8 Å². The molecule has 1 aliphatic heterocycles. The predicted molar refractivity (Wildman–Crippen MR) is 133 cm³/mol. The second-order valence-corrected chi connectivity index (χ2v) is 16.7. The van der Waals surface area contributed by atoms with Gasteiger partial charge in [0.2, 0.25) is 0 Å². The monoisotopic (exact) mass is 483 g/mol. The van der Waals surface area contributed by atoms with Gasteiger partial charge in [0.1, 0.15) is 5.82 Å². The highest BCUT2D eigenvalue weighted by atomic mass is 32.2. The number of benzene rings is 2. The van der Waals surface area contributed by atoms with Crippen LogP contribution in [-0.4, -0.2) is 33.7 Å². The Morgan fingerprint density at radius 1 is 1.09 bits per heavy atom. The highest BCUT2D eigenvalue weighted by molar-refractivity contribution is 7.89. The lowest BCUT2D eigenvalue weighted by Crippen LogP contribution is -2.48. The van der Waals surface area contributed by atoms with E-state index in [0.717, 1.165) is 11.1 Å². The zero-order chi connectivity index (χ0) is 24.6. The summed E-state index contributed by atoms with van der Waals surface area (Å²) < 4.78 is 35.3. The van der Waals surface area contributed by atoms with Gasteiger partial charge in [-0.3, -0.25) is 0 Å². The molecule has 2 aromatic carbocycles. The Morgan fingerprint density at radius 2 is 1.67 bits per heavy atom. The van der Waals surface area contributed by atoms with Gasteiger partial charge in [-0.1, -0.05) is 68.8 Å². The summed E-state index contributed by atoms with van der Waals surface area (Å²) in [6.07, 6.45) is 0. The molecule has 8 heteroatoms. The summed E-state index contributed by atoms with van der Waals surface area (Å²) in [5, 5.41) is 9.94. The molecule has 2 atom stereocenters. The maximum Gasteiger partial charge on any atom is 0.265 e. The van der Waals surface area contributed by atoms with Crippen molar-refractivity contribution < 1.29 is 12.8 Å². The van der Waals surface area contributed by atoms with Crippen molar-refractivity contribution >= 4 is 18.3 Å². The minimum Gasteiger partial charge on any atom is -0.415 e. The van der Waals surface area contributed by atoms with Crippen LogP contribution in [0.3, 0.4) is 0 Å². The molecule has 0 saturated heterocycles. The molecule has 2 N–H and O–H groups in total. The van der Waals surface area contributed by atoms with E-state index < -0.39 is 30.3 Å². The molecule has 1 heterocycles. The summed E-state index contributed by atoms with van der Waals surface area (Å²) in [7, 11) is -6.20. The van der Waals surface area contributed by atoms with E-state index in [9.17, 15) is 13.7 Å². The van der Waals surface area contributed by atoms with Gasteiger partial charge in [0.25, 0.3) is 10.0 Å². The molecule has 0 amide bonds. The van der Waals surface area contributed by atoms with Gasteiger partial charge in [-0.25, -0.2) is 12.7 Å². The van der Waals surface area contributed by atoms with E-state index in [2.05, 4.69) is 39.9 Å². The van der Waals surface area contributed by atoms with E-state index in [1.807, 2.05) is 37.3 Å². The first-order valence-electron chi connectivity index (χ1n) is 11.0. The van der Waals surface area contributed by atoms with Crippen LogP contribution in [-0.2, 0) is 14.4 Å². The fourth-order valence-corrected chi connectivity index (χ4v) is 6.39. The summed E-state index contributed by atoms with van der Waals surface area (Å²) in [6, 6.07) is 17.6. The van der Waals surface area contributed by atoms with Gasteiger partial charge in [0, 0.05) is 5.92 Å². The molecular weight excluding hydrogens is 450 g/mol. The number of rotatable bonds is 6. The number of aryl methyl sites for hydroxylation is 1. The summed E-state index contributed by atoms with van der Waals surface area (Å²) in [5.74, 6) is -0.544. The van der Waals surface area contributed by atoms with E-state index >= 15 is 0 Å². The highest BCUT2D eigenvalue weighted by Gasteiger charge is 2.48. The summed E-state index contributed by atoms with van der Waals surface area (Å²) in [5.41, 5.74) is 8.43. The van der Waals surface area contributed by atoms with E-state index in [4.69, 9.17) is 10.2 Å². The maximum atomic E-state index is 13.8. The number of nitrogens with two attached hydrogens (primary N) is 1. The third kappa shape index (κ3) is 4.72. The number of nitrogens with zero attached hydrogens (tertiary/aromatic N) is 2. The van der Waals surface area contributed by atoms with Crippen molar-refractivity contribution in [2.75, 3.05) is 6.61 Å². The van der Waals surface area contributed by atoms with Gasteiger partial charge >= 0.3 is 0 Å². The fraction of sp³-hybridized carbons (Fsp3) is 0.400. The molecule has 0 radical (unpaired) electrons. The lowest BCUT2D eigenvalue weighted by atomic mass is 9.88. The lowest BCUT2D eigenvalue weighted by Gasteiger charge is -2.39. The molecule has 0 spiro atoms. The third-order valence-electron chi connectivity index (χ3n) is 6.79. The summed E-state index contributed by atoms with van der Waals surface area (Å²) in [4.78, 5) is 0.138. The number of sulfonamides is 1. The topological polar surface area (TPSA) is 96.4 Å². The Bertz CT molecular complexity index is 1180. The normalized spacial score (nSPS) is 19.6. The van der Waals surface area contributed by atoms with Crippen molar-refractivity contribution in [3.63, 3.8) is 0 Å². The molecule has 33 heavy (non-hydrogen) atoms. The first-order valence-corrected chi connectivity index (χ1v) is 15.4. The first kappa shape index (κ1) is 25.0. The minimum absolute atomic E-state index is 0.0317. The molecule has 0 unspecified atom stereocenters. The predicted octanol–water partition coefficient (Wildman–Crippen LogP) is 4.87. The van der Waals surface area contributed by atoms with Crippen LogP contribution in [0.2, 0.25) is 18.1 Å². The fourth-order valence-electron chi connectivity index (χ4n) is 3.77. The highest BCUT2D eigenvalue weighted by Crippen LogP contribution is 2.44. The van der Waals surface area contributed by atoms with Crippen LogP contribution >= 0.6 is 0 Å². The van der Waals surface area contributed by atoms with Crippen LogP contribution in [0.25, 0.3) is 0 Å². The first-order chi connectivity index (χ1) is 15.3. The number of hydrogen-bond donors (Lipinski definition) is 1. The van der Waals surface area contributed by atoms with Gasteiger partial charge in [-0.2, -0.15) is 5.26 Å². The minimum atomic E-state index is -4.01. The quantitative estimate of drug-likeness (QED) is 0.592. The van der Waals surface area contributed by atoms with E-state index in [1.54, 1.807) is 24.3 Å². The van der Waals surface area contributed by atoms with Gasteiger partial charge in [0.15, 0.2) is 8.32 Å². The van der Waals surface area contributed by atoms with Crippen LogP contribution < -0.4 is 5.73 Å². The Hall–Kier alpha value is -2.60. The van der Waals surface area contributed by atoms with Crippen molar-refractivity contribution in [1.82, 2.24) is 4.31 Å². The zero-order valence-electron chi connectivity index (χ0n) is 20.2. The standard InChI is InChI=1S/C25H33N3O3SSi/c1-18-12-14-20(15-13-18)32(29,30)28-22(17-31-33(5,6)25(2,3)4)23(21(16-26)24(28)27)19-10-8-7-9-11-19/h7-15,22-23H,17,27H2,1-6H3/t22-,23-/m0/s1. The van der Waals surface area contributed by atoms with Gasteiger partial charge < -0.3 is 10.2 Å². The van der Waals surface area contributed by atoms with Crippen molar-refractivity contribution in [3.05, 3.63) is 77.1 Å². The second-order valence-electron chi connectivity index (χ2n) is 10.1.